The monoisotopic (exact) mass is 660 g/mol. The van der Waals surface area contributed by atoms with Crippen molar-refractivity contribution in [3.8, 4) is 22.3 Å². The average molecular weight is 661 g/mol. The van der Waals surface area contributed by atoms with Crippen LogP contribution < -0.4 is 4.90 Å². The quantitative estimate of drug-likeness (QED) is 0.183. The van der Waals surface area contributed by atoms with Crippen LogP contribution in [0.15, 0.2) is 170 Å². The first-order chi connectivity index (χ1) is 24.3. The molecule has 0 aliphatic heterocycles. The summed E-state index contributed by atoms with van der Waals surface area (Å²) >= 11 is 3.72. The van der Waals surface area contributed by atoms with E-state index >= 15 is 0 Å². The second-order valence-corrected chi connectivity index (χ2v) is 14.5. The van der Waals surface area contributed by atoms with Crippen molar-refractivity contribution in [2.45, 2.75) is 0 Å². The van der Waals surface area contributed by atoms with Crippen molar-refractivity contribution in [3.05, 3.63) is 170 Å². The molecule has 2 nitrogen and oxygen atoms in total. The van der Waals surface area contributed by atoms with E-state index in [-0.39, 0.29) is 0 Å². The fraction of sp³-hybridized carbons (Fsp3) is 0. The van der Waals surface area contributed by atoms with Crippen LogP contribution in [0.3, 0.4) is 0 Å². The first kappa shape index (κ1) is 28.2. The Balaban J connectivity index is 1.11. The van der Waals surface area contributed by atoms with Crippen molar-refractivity contribution in [3.63, 3.8) is 0 Å². The Morgan fingerprint density at radius 2 is 1.04 bits per heavy atom. The molecule has 0 N–H and O–H groups in total. The van der Waals surface area contributed by atoms with Crippen LogP contribution in [0.4, 0.5) is 17.2 Å². The summed E-state index contributed by atoms with van der Waals surface area (Å²) in [5, 5.41) is 7.65. The second kappa shape index (κ2) is 11.4. The highest BCUT2D eigenvalue weighted by Gasteiger charge is 2.18. The van der Waals surface area contributed by atoms with Crippen molar-refractivity contribution in [1.82, 2.24) is 4.98 Å². The number of aromatic nitrogens is 1. The highest BCUT2D eigenvalue weighted by molar-refractivity contribution is 7.27. The maximum atomic E-state index is 5.12. The molecule has 230 valence electrons. The number of pyridine rings is 1. The van der Waals surface area contributed by atoms with Gasteiger partial charge in [-0.2, -0.15) is 0 Å². The summed E-state index contributed by atoms with van der Waals surface area (Å²) in [6, 6.07) is 59.1. The highest BCUT2D eigenvalue weighted by atomic mass is 32.1. The first-order valence-electron chi connectivity index (χ1n) is 16.4. The predicted molar refractivity (Wildman–Crippen MR) is 213 cm³/mol. The van der Waals surface area contributed by atoms with Gasteiger partial charge in [0.2, 0.25) is 0 Å². The number of anilines is 3. The van der Waals surface area contributed by atoms with Crippen LogP contribution in [-0.4, -0.2) is 4.98 Å². The van der Waals surface area contributed by atoms with Crippen molar-refractivity contribution >= 4 is 91.0 Å². The molecule has 0 bridgehead atoms. The van der Waals surface area contributed by atoms with Gasteiger partial charge in [-0.15, -0.1) is 22.7 Å². The van der Waals surface area contributed by atoms with Crippen LogP contribution in [0, 0.1) is 0 Å². The Morgan fingerprint density at radius 3 is 1.86 bits per heavy atom. The number of hydrogen-bond donors (Lipinski definition) is 0. The van der Waals surface area contributed by atoms with Gasteiger partial charge in [0.25, 0.3) is 0 Å². The van der Waals surface area contributed by atoms with Crippen LogP contribution in [0.25, 0.3) is 73.4 Å². The Labute approximate surface area is 291 Å². The molecule has 3 heterocycles. The lowest BCUT2D eigenvalue weighted by molar-refractivity contribution is 1.19. The minimum atomic E-state index is 0.898. The van der Waals surface area contributed by atoms with Gasteiger partial charge in [-0.1, -0.05) is 127 Å². The predicted octanol–water partition coefficient (Wildman–Crippen LogP) is 13.8. The van der Waals surface area contributed by atoms with E-state index in [1.54, 1.807) is 0 Å². The highest BCUT2D eigenvalue weighted by Crippen LogP contribution is 2.43. The summed E-state index contributed by atoms with van der Waals surface area (Å²) in [6.07, 6.45) is 2.06. The van der Waals surface area contributed by atoms with Gasteiger partial charge in [-0.05, 0) is 69.4 Å². The van der Waals surface area contributed by atoms with Gasteiger partial charge in [0.05, 0.1) is 0 Å². The van der Waals surface area contributed by atoms with E-state index in [1.807, 2.05) is 22.7 Å². The Bertz CT molecular complexity index is 2810. The molecular formula is C45H28N2S2. The normalized spacial score (nSPS) is 11.7. The molecular weight excluding hydrogens is 633 g/mol. The summed E-state index contributed by atoms with van der Waals surface area (Å²) in [5.41, 5.74) is 7.00. The topological polar surface area (TPSA) is 16.1 Å². The smallest absolute Gasteiger partial charge is 0.138 e. The zero-order valence-electron chi connectivity index (χ0n) is 26.4. The lowest BCUT2D eigenvalue weighted by atomic mass is 10.0. The zero-order valence-corrected chi connectivity index (χ0v) is 28.0. The molecule has 0 amide bonds. The molecule has 0 aliphatic carbocycles. The van der Waals surface area contributed by atoms with Crippen molar-refractivity contribution in [2.75, 3.05) is 4.90 Å². The van der Waals surface area contributed by atoms with Crippen molar-refractivity contribution in [1.29, 1.82) is 0 Å². The van der Waals surface area contributed by atoms with E-state index in [0.29, 0.717) is 0 Å². The first-order valence-corrected chi connectivity index (χ1v) is 18.1. The number of benzene rings is 7. The molecule has 0 unspecified atom stereocenters. The number of fused-ring (bicyclic) bond motifs is 8. The maximum Gasteiger partial charge on any atom is 0.138 e. The third kappa shape index (κ3) is 4.72. The molecule has 0 radical (unpaired) electrons. The molecule has 0 saturated carbocycles. The summed E-state index contributed by atoms with van der Waals surface area (Å²) in [7, 11) is 0. The van der Waals surface area contributed by atoms with Crippen LogP contribution >= 0.6 is 22.7 Å². The summed E-state index contributed by atoms with van der Waals surface area (Å²) in [5.74, 6) is 0.898. The zero-order chi connectivity index (χ0) is 32.3. The molecule has 0 atom stereocenters. The van der Waals surface area contributed by atoms with Crippen LogP contribution in [-0.2, 0) is 0 Å². The molecule has 7 aromatic carbocycles. The number of hydrogen-bond acceptors (Lipinski definition) is 4. The van der Waals surface area contributed by atoms with Crippen molar-refractivity contribution in [2.24, 2.45) is 0 Å². The molecule has 4 heteroatoms. The molecule has 0 saturated heterocycles. The maximum absolute atomic E-state index is 5.12. The standard InChI is InChI=1S/C45H28N2S2/c1-2-9-29(10-3-1)30-17-22-33(23-18-30)47(43-27-42-40(28-46-43)39-26-21-31-11-4-5-12-35(31)45(39)49-42)34-24-19-32(20-25-34)36-14-8-15-38-37-13-6-7-16-41(37)48-44(36)38/h1-28H. The van der Waals surface area contributed by atoms with Gasteiger partial charge in [0.1, 0.15) is 5.82 Å². The fourth-order valence-electron chi connectivity index (χ4n) is 7.12. The number of nitrogens with zero attached hydrogens (tertiary/aromatic N) is 2. The second-order valence-electron chi connectivity index (χ2n) is 12.4. The average Bonchev–Trinajstić information content (AvgIpc) is 3.74. The van der Waals surface area contributed by atoms with Gasteiger partial charge in [0, 0.05) is 57.9 Å². The Hall–Kier alpha value is -5.81. The summed E-state index contributed by atoms with van der Waals surface area (Å²) < 4.78 is 5.19. The largest absolute Gasteiger partial charge is 0.295 e. The molecule has 0 aliphatic rings. The lowest BCUT2D eigenvalue weighted by Crippen LogP contribution is -2.11. The van der Waals surface area contributed by atoms with E-state index < -0.39 is 0 Å². The Morgan fingerprint density at radius 1 is 0.408 bits per heavy atom. The van der Waals surface area contributed by atoms with Gasteiger partial charge >= 0.3 is 0 Å². The molecule has 49 heavy (non-hydrogen) atoms. The molecule has 10 rings (SSSR count). The van der Waals surface area contributed by atoms with Gasteiger partial charge in [0.15, 0.2) is 0 Å². The third-order valence-electron chi connectivity index (χ3n) is 9.54. The van der Waals surface area contributed by atoms with Gasteiger partial charge in [-0.3, -0.25) is 4.90 Å². The fourth-order valence-corrected chi connectivity index (χ4v) is 9.60. The molecule has 0 fully saturated rings. The summed E-state index contributed by atoms with van der Waals surface area (Å²) in [6.45, 7) is 0. The minimum absolute atomic E-state index is 0.898. The summed E-state index contributed by atoms with van der Waals surface area (Å²) in [4.78, 5) is 7.40. The number of thiophene rings is 2. The lowest BCUT2D eigenvalue weighted by Gasteiger charge is -2.25. The molecule has 3 aromatic heterocycles. The van der Waals surface area contributed by atoms with Crippen LogP contribution in [0.1, 0.15) is 0 Å². The van der Waals surface area contributed by atoms with Gasteiger partial charge < -0.3 is 0 Å². The minimum Gasteiger partial charge on any atom is -0.295 e. The van der Waals surface area contributed by atoms with Crippen molar-refractivity contribution < 1.29 is 0 Å². The van der Waals surface area contributed by atoms with E-state index in [9.17, 15) is 0 Å². The van der Waals surface area contributed by atoms with E-state index in [0.717, 1.165) is 17.2 Å². The molecule has 10 aromatic rings. The van der Waals surface area contributed by atoms with Gasteiger partial charge in [-0.25, -0.2) is 4.98 Å². The van der Waals surface area contributed by atoms with E-state index in [2.05, 4.69) is 175 Å². The molecule has 0 spiro atoms. The third-order valence-corrected chi connectivity index (χ3v) is 12.0. The van der Waals surface area contributed by atoms with E-state index in [4.69, 9.17) is 4.98 Å². The van der Waals surface area contributed by atoms with Crippen LogP contribution in [0.5, 0.6) is 0 Å². The van der Waals surface area contributed by atoms with E-state index in [1.165, 1.54) is 73.4 Å². The van der Waals surface area contributed by atoms with Crippen LogP contribution in [0.2, 0.25) is 0 Å². The Kier molecular flexibility index (Phi) is 6.57. The number of rotatable bonds is 5. The SMILES string of the molecule is c1ccc(-c2ccc(N(c3ccc(-c4cccc5c4sc4ccccc45)cc3)c3cc4sc5c6ccccc6ccc5c4cn3)cc2)cc1.